The number of hydrogen-bond acceptors (Lipinski definition) is 5. The summed E-state index contributed by atoms with van der Waals surface area (Å²) in [6.45, 7) is 1.85. The molecule has 136 valence electrons. The van der Waals surface area contributed by atoms with Crippen LogP contribution in [-0.2, 0) is 16.0 Å². The fraction of sp³-hybridized carbons (Fsp3) is 0.188. The molecule has 3 rings (SSSR count). The summed E-state index contributed by atoms with van der Waals surface area (Å²) in [4.78, 5) is 7.40. The van der Waals surface area contributed by atoms with E-state index in [1.165, 1.54) is 12.1 Å². The van der Waals surface area contributed by atoms with Crippen molar-refractivity contribution in [3.63, 3.8) is 0 Å². The van der Waals surface area contributed by atoms with E-state index >= 15 is 0 Å². The van der Waals surface area contributed by atoms with Gasteiger partial charge in [-0.15, -0.1) is 5.10 Å². The zero-order valence-corrected chi connectivity index (χ0v) is 14.5. The van der Waals surface area contributed by atoms with Gasteiger partial charge in [-0.3, -0.25) is 0 Å². The van der Waals surface area contributed by atoms with Crippen molar-refractivity contribution in [1.29, 1.82) is 0 Å². The normalized spacial score (nSPS) is 12.3. The minimum absolute atomic E-state index is 0.0220. The Hall–Kier alpha value is -2.75. The second-order valence-corrected chi connectivity index (χ2v) is 7.62. The number of pyridine rings is 1. The third-order valence-corrected chi connectivity index (χ3v) is 4.52. The molecule has 0 saturated carbocycles. The summed E-state index contributed by atoms with van der Waals surface area (Å²) in [5.41, 5.74) is 1.54. The minimum Gasteiger partial charge on any atom is -0.242 e. The van der Waals surface area contributed by atoms with Crippen LogP contribution in [0.4, 0.5) is 13.2 Å². The molecule has 1 aromatic carbocycles. The maximum absolute atomic E-state index is 13.1. The third-order valence-electron chi connectivity index (χ3n) is 3.52. The molecule has 0 spiro atoms. The molecule has 2 heterocycles. The molecular weight excluding hydrogens is 369 g/mol. The Morgan fingerprint density at radius 2 is 1.69 bits per heavy atom. The van der Waals surface area contributed by atoms with Crippen molar-refractivity contribution in [3.8, 4) is 17.1 Å². The number of hydrogen-bond donors (Lipinski definition) is 0. The van der Waals surface area contributed by atoms with E-state index in [1.54, 1.807) is 24.3 Å². The summed E-state index contributed by atoms with van der Waals surface area (Å²) in [5, 5.41) is 3.35. The van der Waals surface area contributed by atoms with Crippen LogP contribution in [0, 0.1) is 6.92 Å². The van der Waals surface area contributed by atoms with Crippen molar-refractivity contribution in [3.05, 3.63) is 54.0 Å². The Balaban J connectivity index is 2.16. The first-order chi connectivity index (χ1) is 12.1. The quantitative estimate of drug-likeness (QED) is 0.696. The summed E-state index contributed by atoms with van der Waals surface area (Å²) in [7, 11) is -3.52. The molecule has 0 radical (unpaired) electrons. The zero-order chi connectivity index (χ0) is 19.1. The molecule has 0 aliphatic rings. The predicted molar refractivity (Wildman–Crippen MR) is 87.4 cm³/mol. The second kappa shape index (κ2) is 6.20. The smallest absolute Gasteiger partial charge is 0.242 e. The first kappa shape index (κ1) is 18.1. The number of sulfone groups is 1. The van der Waals surface area contributed by atoms with Crippen LogP contribution in [0.25, 0.3) is 17.1 Å². The van der Waals surface area contributed by atoms with Gasteiger partial charge in [-0.2, -0.15) is 13.2 Å². The molecule has 0 unspecified atom stereocenters. The van der Waals surface area contributed by atoms with Crippen molar-refractivity contribution in [2.45, 2.75) is 18.1 Å². The highest BCUT2D eigenvalue weighted by molar-refractivity contribution is 7.90. The molecule has 0 aliphatic heterocycles. The monoisotopic (exact) mass is 382 g/mol. The van der Waals surface area contributed by atoms with Crippen LogP contribution in [0.15, 0.2) is 47.6 Å². The van der Waals surface area contributed by atoms with Crippen LogP contribution in [0.5, 0.6) is 0 Å². The Morgan fingerprint density at radius 1 is 1.04 bits per heavy atom. The van der Waals surface area contributed by atoms with Crippen molar-refractivity contribution >= 4 is 9.84 Å². The Kier molecular flexibility index (Phi) is 4.31. The topological polar surface area (TPSA) is 77.7 Å². The third kappa shape index (κ3) is 3.59. The lowest BCUT2D eigenvalue weighted by atomic mass is 10.1. The molecule has 6 nitrogen and oxygen atoms in total. The molecule has 0 aliphatic carbocycles. The highest BCUT2D eigenvalue weighted by atomic mass is 32.2. The second-order valence-electron chi connectivity index (χ2n) is 5.66. The van der Waals surface area contributed by atoms with Gasteiger partial charge >= 0.3 is 6.18 Å². The molecule has 3 aromatic rings. The van der Waals surface area contributed by atoms with E-state index in [0.717, 1.165) is 22.7 Å². The molecule has 0 N–H and O–H groups in total. The van der Waals surface area contributed by atoms with Gasteiger partial charge in [0.25, 0.3) is 5.82 Å². The number of rotatable bonds is 3. The van der Waals surface area contributed by atoms with Gasteiger partial charge in [0.2, 0.25) is 0 Å². The van der Waals surface area contributed by atoms with Crippen LogP contribution >= 0.6 is 0 Å². The number of alkyl halides is 3. The fourth-order valence-corrected chi connectivity index (χ4v) is 2.78. The first-order valence-corrected chi connectivity index (χ1v) is 9.22. The van der Waals surface area contributed by atoms with Gasteiger partial charge in [0.15, 0.2) is 20.7 Å². The van der Waals surface area contributed by atoms with Gasteiger partial charge in [-0.25, -0.2) is 23.1 Å². The lowest BCUT2D eigenvalue weighted by Gasteiger charge is -2.06. The van der Waals surface area contributed by atoms with E-state index in [-0.39, 0.29) is 16.5 Å². The highest BCUT2D eigenvalue weighted by Gasteiger charge is 2.37. The molecule has 0 saturated heterocycles. The molecule has 10 heteroatoms. The summed E-state index contributed by atoms with van der Waals surface area (Å²) >= 11 is 0. The predicted octanol–water partition coefficient (Wildman–Crippen LogP) is 3.06. The van der Waals surface area contributed by atoms with Gasteiger partial charge in [0.05, 0.1) is 11.9 Å². The Labute approximate surface area is 147 Å². The number of aromatic nitrogens is 4. The van der Waals surface area contributed by atoms with Gasteiger partial charge in [0, 0.05) is 11.8 Å². The van der Waals surface area contributed by atoms with E-state index in [1.807, 2.05) is 6.92 Å². The number of benzene rings is 1. The Morgan fingerprint density at radius 3 is 2.19 bits per heavy atom. The highest BCUT2D eigenvalue weighted by Crippen LogP contribution is 2.30. The summed E-state index contributed by atoms with van der Waals surface area (Å²) in [6.07, 6.45) is -2.59. The van der Waals surface area contributed by atoms with E-state index in [2.05, 4.69) is 15.1 Å². The van der Waals surface area contributed by atoms with E-state index in [9.17, 15) is 21.6 Å². The SMILES string of the molecule is Cc1ccc(-c2nc(C(F)(F)F)nn2-c2ccc(S(C)(=O)=O)nc2)cc1. The van der Waals surface area contributed by atoms with Gasteiger partial charge in [-0.05, 0) is 19.1 Å². The number of aryl methyl sites for hydroxylation is 1. The molecular formula is C16H13F3N4O2S. The Bertz CT molecular complexity index is 1040. The summed E-state index contributed by atoms with van der Waals surface area (Å²) in [5.74, 6) is -1.31. The van der Waals surface area contributed by atoms with E-state index in [0.29, 0.717) is 5.56 Å². The van der Waals surface area contributed by atoms with Crippen molar-refractivity contribution in [2.24, 2.45) is 0 Å². The molecule has 26 heavy (non-hydrogen) atoms. The van der Waals surface area contributed by atoms with Crippen molar-refractivity contribution in [2.75, 3.05) is 6.26 Å². The average Bonchev–Trinajstić information content (AvgIpc) is 3.00. The van der Waals surface area contributed by atoms with Crippen LogP contribution < -0.4 is 0 Å². The van der Waals surface area contributed by atoms with Crippen LogP contribution in [0.2, 0.25) is 0 Å². The molecule has 0 bridgehead atoms. The van der Waals surface area contributed by atoms with Crippen molar-refractivity contribution < 1.29 is 21.6 Å². The molecule has 0 atom stereocenters. The van der Waals surface area contributed by atoms with Gasteiger partial charge in [-0.1, -0.05) is 29.8 Å². The van der Waals surface area contributed by atoms with Gasteiger partial charge in [0.1, 0.15) is 0 Å². The maximum atomic E-state index is 13.1. The lowest BCUT2D eigenvalue weighted by molar-refractivity contribution is -0.144. The van der Waals surface area contributed by atoms with Crippen LogP contribution in [0.3, 0.4) is 0 Å². The molecule has 0 fully saturated rings. The van der Waals surface area contributed by atoms with Gasteiger partial charge < -0.3 is 0 Å². The average molecular weight is 382 g/mol. The number of halogens is 3. The largest absolute Gasteiger partial charge is 0.453 e. The molecule has 2 aromatic heterocycles. The summed E-state index contributed by atoms with van der Waals surface area (Å²) < 4.78 is 63.2. The lowest BCUT2D eigenvalue weighted by Crippen LogP contribution is -2.09. The number of nitrogens with zero attached hydrogens (tertiary/aromatic N) is 4. The van der Waals surface area contributed by atoms with Crippen LogP contribution in [-0.4, -0.2) is 34.4 Å². The van der Waals surface area contributed by atoms with Crippen LogP contribution in [0.1, 0.15) is 11.4 Å². The fourth-order valence-electron chi connectivity index (χ4n) is 2.22. The molecule has 0 amide bonds. The zero-order valence-electron chi connectivity index (χ0n) is 13.7. The summed E-state index contributed by atoms with van der Waals surface area (Å²) in [6, 6.07) is 9.29. The first-order valence-electron chi connectivity index (χ1n) is 7.33. The standard InChI is InChI=1S/C16H13F3N4O2S/c1-10-3-5-11(6-4-10)14-21-15(16(17,18)19)22-23(14)12-7-8-13(20-9-12)26(2,24)25/h3-9H,1-2H3. The minimum atomic E-state index is -4.72. The maximum Gasteiger partial charge on any atom is 0.453 e. The van der Waals surface area contributed by atoms with Crippen molar-refractivity contribution in [1.82, 2.24) is 19.7 Å². The van der Waals surface area contributed by atoms with E-state index in [4.69, 9.17) is 0 Å². The van der Waals surface area contributed by atoms with E-state index < -0.39 is 21.8 Å².